The van der Waals surface area contributed by atoms with Gasteiger partial charge in [0, 0.05) is 17.9 Å². The lowest BCUT2D eigenvalue weighted by Gasteiger charge is -2.69. The van der Waals surface area contributed by atoms with Gasteiger partial charge in [-0.2, -0.15) is 0 Å². The smallest absolute Gasteiger partial charge is 0.0954 e. The number of imidazole rings is 2. The van der Waals surface area contributed by atoms with Gasteiger partial charge in [-0.15, -0.1) is 0 Å². The molecular weight excluding hydrogens is 344 g/mol. The number of aromatic nitrogens is 4. The molecule has 0 saturated heterocycles. The first-order valence-electron chi connectivity index (χ1n) is 9.20. The standard InChI is InChI=1S/C10H11N3S.C9H13N3/c1-8-2-13(6-11-8)10-3-9(4-10,5-10)12-7-14;1-7-2-12(6-11-7)9-3-8(10,4-9)5-9/h2,6H,3-5H2,1H3;2,6H,3-5,10H2,1H3. The molecule has 2 heterocycles. The molecule has 0 unspecified atom stereocenters. The van der Waals surface area contributed by atoms with Crippen molar-refractivity contribution >= 4 is 17.4 Å². The first-order chi connectivity index (χ1) is 12.3. The topological polar surface area (TPSA) is 74.0 Å². The van der Waals surface area contributed by atoms with Gasteiger partial charge in [0.2, 0.25) is 0 Å². The van der Waals surface area contributed by atoms with Crippen LogP contribution < -0.4 is 5.73 Å². The summed E-state index contributed by atoms with van der Waals surface area (Å²) in [5, 5.41) is 2.51. The summed E-state index contributed by atoms with van der Waals surface area (Å²) in [5.41, 5.74) is 9.20. The van der Waals surface area contributed by atoms with E-state index in [0.29, 0.717) is 11.1 Å². The van der Waals surface area contributed by atoms with Crippen molar-refractivity contribution in [1.82, 2.24) is 19.1 Å². The summed E-state index contributed by atoms with van der Waals surface area (Å²) in [7, 11) is 0. The fraction of sp³-hybridized carbons (Fsp3) is 0.632. The molecule has 6 aliphatic carbocycles. The van der Waals surface area contributed by atoms with E-state index in [2.05, 4.69) is 53.9 Å². The molecule has 0 amide bonds. The summed E-state index contributed by atoms with van der Waals surface area (Å²) in [6.07, 6.45) is 14.9. The predicted octanol–water partition coefficient (Wildman–Crippen LogP) is 2.71. The Morgan fingerprint density at radius 1 is 0.962 bits per heavy atom. The highest BCUT2D eigenvalue weighted by atomic mass is 32.1. The van der Waals surface area contributed by atoms with Crippen LogP contribution in [0.2, 0.25) is 0 Å². The molecule has 8 rings (SSSR count). The molecule has 6 saturated carbocycles. The molecule has 136 valence electrons. The Bertz CT molecular complexity index is 894. The third-order valence-electron chi connectivity index (χ3n) is 6.82. The molecule has 26 heavy (non-hydrogen) atoms. The highest BCUT2D eigenvalue weighted by molar-refractivity contribution is 7.78. The number of aliphatic imine (C=N–C) groups is 1. The van der Waals surface area contributed by atoms with Crippen LogP contribution in [0.4, 0.5) is 0 Å². The number of thiocarbonyl (C=S) groups is 1. The monoisotopic (exact) mass is 368 g/mol. The maximum absolute atomic E-state index is 5.98. The predicted molar refractivity (Wildman–Crippen MR) is 102 cm³/mol. The third-order valence-corrected chi connectivity index (χ3v) is 6.91. The average molecular weight is 369 g/mol. The Morgan fingerprint density at radius 3 is 1.77 bits per heavy atom. The van der Waals surface area contributed by atoms with Crippen LogP contribution in [0, 0.1) is 13.8 Å². The molecule has 0 radical (unpaired) electrons. The number of nitrogens with two attached hydrogens (primary N) is 1. The molecule has 7 heteroatoms. The molecule has 2 aromatic rings. The first-order valence-corrected chi connectivity index (χ1v) is 9.61. The highest BCUT2D eigenvalue weighted by Gasteiger charge is 2.69. The number of aryl methyl sites for hydroxylation is 2. The minimum absolute atomic E-state index is 0.153. The van der Waals surface area contributed by atoms with Crippen LogP contribution in [0.15, 0.2) is 30.0 Å². The lowest BCUT2D eigenvalue weighted by atomic mass is 9.44. The maximum Gasteiger partial charge on any atom is 0.0954 e. The summed E-state index contributed by atoms with van der Waals surface area (Å²) < 4.78 is 4.49. The maximum atomic E-state index is 5.98. The Balaban J connectivity index is 0.000000117. The number of nitrogens with zero attached hydrogens (tertiary/aromatic N) is 5. The molecule has 0 aliphatic heterocycles. The number of hydrogen-bond acceptors (Lipinski definition) is 5. The summed E-state index contributed by atoms with van der Waals surface area (Å²) in [6, 6.07) is 0. The summed E-state index contributed by atoms with van der Waals surface area (Å²) in [5.74, 6) is 0. The van der Waals surface area contributed by atoms with E-state index in [-0.39, 0.29) is 11.1 Å². The molecule has 6 nitrogen and oxygen atoms in total. The summed E-state index contributed by atoms with van der Waals surface area (Å²) in [6.45, 7) is 4.05. The Labute approximate surface area is 158 Å². The van der Waals surface area contributed by atoms with Gasteiger partial charge in [-0.25, -0.2) is 15.0 Å². The largest absolute Gasteiger partial charge is 0.331 e. The molecule has 6 fully saturated rings. The minimum atomic E-state index is 0.153. The summed E-state index contributed by atoms with van der Waals surface area (Å²) >= 11 is 4.65. The van der Waals surface area contributed by atoms with Crippen molar-refractivity contribution in [3.8, 4) is 0 Å². The van der Waals surface area contributed by atoms with E-state index >= 15 is 0 Å². The Morgan fingerprint density at radius 2 is 1.42 bits per heavy atom. The van der Waals surface area contributed by atoms with Gasteiger partial charge in [0.1, 0.15) is 0 Å². The zero-order chi connectivity index (χ0) is 18.2. The van der Waals surface area contributed by atoms with Crippen LogP contribution in [0.3, 0.4) is 0 Å². The van der Waals surface area contributed by atoms with Gasteiger partial charge in [-0.3, -0.25) is 0 Å². The van der Waals surface area contributed by atoms with E-state index in [9.17, 15) is 0 Å². The van der Waals surface area contributed by atoms with E-state index in [1.54, 1.807) is 0 Å². The van der Waals surface area contributed by atoms with Crippen LogP contribution in [0.1, 0.15) is 49.9 Å². The van der Waals surface area contributed by atoms with E-state index in [0.717, 1.165) is 49.9 Å². The van der Waals surface area contributed by atoms with Crippen molar-refractivity contribution in [3.63, 3.8) is 0 Å². The van der Waals surface area contributed by atoms with Crippen molar-refractivity contribution in [2.45, 2.75) is 74.5 Å². The first kappa shape index (κ1) is 16.4. The SMILES string of the molecule is Cc1cn(C23CC(N)(C2)C3)cn1.Cc1cn(C23CC(N=C=S)(C2)C3)cn1. The fourth-order valence-corrected chi connectivity index (χ4v) is 5.81. The van der Waals surface area contributed by atoms with E-state index < -0.39 is 0 Å². The van der Waals surface area contributed by atoms with Crippen LogP contribution in [0.25, 0.3) is 0 Å². The van der Waals surface area contributed by atoms with Gasteiger partial charge in [0.05, 0.1) is 45.8 Å². The van der Waals surface area contributed by atoms with Crippen LogP contribution in [-0.2, 0) is 11.1 Å². The highest BCUT2D eigenvalue weighted by Crippen LogP contribution is 2.67. The lowest BCUT2D eigenvalue weighted by molar-refractivity contribution is -0.114. The van der Waals surface area contributed by atoms with Crippen LogP contribution in [-0.4, -0.2) is 35.3 Å². The molecule has 0 aromatic carbocycles. The average Bonchev–Trinajstić information content (AvgIpc) is 3.06. The minimum Gasteiger partial charge on any atom is -0.331 e. The Hall–Kier alpha value is -1.82. The zero-order valence-electron chi connectivity index (χ0n) is 15.3. The van der Waals surface area contributed by atoms with Crippen molar-refractivity contribution in [2.75, 3.05) is 0 Å². The van der Waals surface area contributed by atoms with Gasteiger partial charge in [-0.05, 0) is 64.6 Å². The molecule has 2 aromatic heterocycles. The van der Waals surface area contributed by atoms with Gasteiger partial charge in [0.15, 0.2) is 0 Å². The van der Waals surface area contributed by atoms with Crippen molar-refractivity contribution < 1.29 is 0 Å². The van der Waals surface area contributed by atoms with Gasteiger partial charge in [-0.1, -0.05) is 0 Å². The third kappa shape index (κ3) is 2.14. The van der Waals surface area contributed by atoms with Gasteiger partial charge in [0.25, 0.3) is 0 Å². The van der Waals surface area contributed by atoms with Crippen LogP contribution >= 0.6 is 12.2 Å². The van der Waals surface area contributed by atoms with Gasteiger partial charge >= 0.3 is 0 Å². The second-order valence-electron chi connectivity index (χ2n) is 9.14. The zero-order valence-corrected chi connectivity index (χ0v) is 16.1. The number of hydrogen-bond donors (Lipinski definition) is 1. The van der Waals surface area contributed by atoms with Crippen molar-refractivity contribution in [2.24, 2.45) is 10.7 Å². The summed E-state index contributed by atoms with van der Waals surface area (Å²) in [4.78, 5) is 12.7. The quantitative estimate of drug-likeness (QED) is 0.668. The number of rotatable bonds is 3. The molecule has 4 bridgehead atoms. The van der Waals surface area contributed by atoms with E-state index in [4.69, 9.17) is 5.73 Å². The Kier molecular flexibility index (Phi) is 3.09. The molecule has 0 atom stereocenters. The normalized spacial score (nSPS) is 40.6. The second-order valence-corrected chi connectivity index (χ2v) is 9.33. The molecule has 2 N–H and O–H groups in total. The van der Waals surface area contributed by atoms with Crippen molar-refractivity contribution in [3.05, 3.63) is 36.4 Å². The van der Waals surface area contributed by atoms with Gasteiger partial charge < -0.3 is 14.9 Å². The molecular formula is C19H24N6S. The fourth-order valence-electron chi connectivity index (χ4n) is 5.62. The lowest BCUT2D eigenvalue weighted by Crippen LogP contribution is -2.76. The number of isothiocyanates is 1. The molecule has 0 spiro atoms. The second kappa shape index (κ2) is 4.91. The van der Waals surface area contributed by atoms with Crippen molar-refractivity contribution in [1.29, 1.82) is 0 Å². The van der Waals surface area contributed by atoms with Crippen LogP contribution in [0.5, 0.6) is 0 Å². The van der Waals surface area contributed by atoms with E-state index in [1.165, 1.54) is 0 Å². The molecule has 6 aliphatic rings. The van der Waals surface area contributed by atoms with E-state index in [1.807, 2.05) is 26.5 Å².